The number of benzene rings is 1. The summed E-state index contributed by atoms with van der Waals surface area (Å²) in [5.41, 5.74) is 7.16. The molecule has 0 aliphatic carbocycles. The Balaban J connectivity index is 2.39. The standard InChI is InChI=1S/C12H16ClN5O/c1-3-19-7-8(2)18-12(15-16-17-18)11-9(13)5-4-6-10(11)14/h4-6,8H,3,7,14H2,1-2H3. The van der Waals surface area contributed by atoms with Crippen LogP contribution in [0, 0.1) is 0 Å². The van der Waals surface area contributed by atoms with E-state index in [0.717, 1.165) is 0 Å². The highest BCUT2D eigenvalue weighted by Crippen LogP contribution is 2.32. The van der Waals surface area contributed by atoms with Gasteiger partial charge in [-0.25, -0.2) is 4.68 Å². The second-order valence-electron chi connectivity index (χ2n) is 4.16. The molecule has 0 fully saturated rings. The van der Waals surface area contributed by atoms with Gasteiger partial charge in [-0.2, -0.15) is 0 Å². The zero-order valence-corrected chi connectivity index (χ0v) is 11.6. The first kappa shape index (κ1) is 13.8. The maximum Gasteiger partial charge on any atom is 0.185 e. The average molecular weight is 282 g/mol. The highest BCUT2D eigenvalue weighted by Gasteiger charge is 2.18. The Labute approximate surface area is 116 Å². The van der Waals surface area contributed by atoms with E-state index in [0.29, 0.717) is 35.3 Å². The van der Waals surface area contributed by atoms with Crippen LogP contribution in [0.3, 0.4) is 0 Å². The second kappa shape index (κ2) is 5.99. The van der Waals surface area contributed by atoms with E-state index in [1.165, 1.54) is 0 Å². The molecule has 0 bridgehead atoms. The molecule has 1 heterocycles. The van der Waals surface area contributed by atoms with Crippen LogP contribution in [0.1, 0.15) is 19.9 Å². The van der Waals surface area contributed by atoms with E-state index < -0.39 is 0 Å². The Morgan fingerprint density at radius 1 is 1.47 bits per heavy atom. The molecule has 0 aliphatic heterocycles. The van der Waals surface area contributed by atoms with Gasteiger partial charge in [0.2, 0.25) is 0 Å². The fourth-order valence-electron chi connectivity index (χ4n) is 1.79. The minimum absolute atomic E-state index is 0.000577. The van der Waals surface area contributed by atoms with Gasteiger partial charge in [0.15, 0.2) is 5.82 Å². The summed E-state index contributed by atoms with van der Waals surface area (Å²) in [6.45, 7) is 5.09. The van der Waals surface area contributed by atoms with E-state index in [-0.39, 0.29) is 6.04 Å². The monoisotopic (exact) mass is 281 g/mol. The maximum atomic E-state index is 6.18. The number of nitrogens with zero attached hydrogens (tertiary/aromatic N) is 4. The molecule has 2 rings (SSSR count). The number of aromatic nitrogens is 4. The van der Waals surface area contributed by atoms with Gasteiger partial charge in [-0.15, -0.1) is 5.10 Å². The summed E-state index contributed by atoms with van der Waals surface area (Å²) >= 11 is 6.18. The molecule has 0 amide bonds. The summed E-state index contributed by atoms with van der Waals surface area (Å²) < 4.78 is 7.06. The Kier molecular flexibility index (Phi) is 4.34. The minimum Gasteiger partial charge on any atom is -0.398 e. The van der Waals surface area contributed by atoms with Crippen molar-refractivity contribution < 1.29 is 4.74 Å². The molecule has 2 N–H and O–H groups in total. The third kappa shape index (κ3) is 2.85. The van der Waals surface area contributed by atoms with E-state index in [1.54, 1.807) is 22.9 Å². The molecule has 0 saturated carbocycles. The molecule has 0 aliphatic rings. The van der Waals surface area contributed by atoms with Gasteiger partial charge in [-0.05, 0) is 36.4 Å². The van der Waals surface area contributed by atoms with Gasteiger partial charge in [-0.3, -0.25) is 0 Å². The Bertz CT molecular complexity index is 537. The lowest BCUT2D eigenvalue weighted by Gasteiger charge is -2.14. The molecule has 7 heteroatoms. The lowest BCUT2D eigenvalue weighted by atomic mass is 10.1. The topological polar surface area (TPSA) is 78.8 Å². The number of nitrogen functional groups attached to an aromatic ring is 1. The minimum atomic E-state index is 0.000577. The van der Waals surface area contributed by atoms with Crippen LogP contribution in [0.5, 0.6) is 0 Å². The van der Waals surface area contributed by atoms with Crippen LogP contribution in [-0.4, -0.2) is 33.4 Å². The van der Waals surface area contributed by atoms with E-state index in [1.807, 2.05) is 13.8 Å². The summed E-state index contributed by atoms with van der Waals surface area (Å²) in [6, 6.07) is 5.33. The predicted octanol–water partition coefficient (Wildman–Crippen LogP) is 2.17. The van der Waals surface area contributed by atoms with E-state index >= 15 is 0 Å². The number of anilines is 1. The van der Waals surface area contributed by atoms with Crippen molar-refractivity contribution in [2.24, 2.45) is 0 Å². The van der Waals surface area contributed by atoms with E-state index in [4.69, 9.17) is 22.1 Å². The molecule has 6 nitrogen and oxygen atoms in total. The van der Waals surface area contributed by atoms with Crippen LogP contribution in [0.25, 0.3) is 11.4 Å². The molecular weight excluding hydrogens is 266 g/mol. The van der Waals surface area contributed by atoms with Gasteiger partial charge in [0.25, 0.3) is 0 Å². The van der Waals surface area contributed by atoms with Crippen molar-refractivity contribution in [2.75, 3.05) is 18.9 Å². The zero-order valence-electron chi connectivity index (χ0n) is 10.9. The summed E-state index contributed by atoms with van der Waals surface area (Å²) in [6.07, 6.45) is 0. The summed E-state index contributed by atoms with van der Waals surface area (Å²) in [5, 5.41) is 12.2. The first-order valence-corrected chi connectivity index (χ1v) is 6.43. The maximum absolute atomic E-state index is 6.18. The molecule has 0 radical (unpaired) electrons. The van der Waals surface area contributed by atoms with Crippen LogP contribution in [-0.2, 0) is 4.74 Å². The summed E-state index contributed by atoms with van der Waals surface area (Å²) in [7, 11) is 0. The number of tetrazole rings is 1. The lowest BCUT2D eigenvalue weighted by Crippen LogP contribution is -2.15. The smallest absolute Gasteiger partial charge is 0.185 e. The number of hydrogen-bond donors (Lipinski definition) is 1. The highest BCUT2D eigenvalue weighted by molar-refractivity contribution is 6.33. The fourth-order valence-corrected chi connectivity index (χ4v) is 2.06. The molecule has 0 spiro atoms. The average Bonchev–Trinajstić information content (AvgIpc) is 2.85. The second-order valence-corrected chi connectivity index (χ2v) is 4.57. The predicted molar refractivity (Wildman–Crippen MR) is 73.9 cm³/mol. The largest absolute Gasteiger partial charge is 0.398 e. The van der Waals surface area contributed by atoms with Gasteiger partial charge in [0.05, 0.1) is 23.2 Å². The normalized spacial score (nSPS) is 12.6. The Hall–Kier alpha value is -1.66. The van der Waals surface area contributed by atoms with Gasteiger partial charge in [0, 0.05) is 12.3 Å². The zero-order chi connectivity index (χ0) is 13.8. The molecule has 2 aromatic rings. The summed E-state index contributed by atoms with van der Waals surface area (Å²) in [4.78, 5) is 0. The van der Waals surface area contributed by atoms with Crippen molar-refractivity contribution in [1.82, 2.24) is 20.2 Å². The number of hydrogen-bond acceptors (Lipinski definition) is 5. The Morgan fingerprint density at radius 2 is 2.26 bits per heavy atom. The molecule has 1 atom stereocenters. The van der Waals surface area contributed by atoms with Gasteiger partial charge in [-0.1, -0.05) is 17.7 Å². The molecular formula is C12H16ClN5O. The van der Waals surface area contributed by atoms with Crippen LogP contribution < -0.4 is 5.73 Å². The van der Waals surface area contributed by atoms with Crippen LogP contribution in [0.4, 0.5) is 5.69 Å². The van der Waals surface area contributed by atoms with Gasteiger partial charge >= 0.3 is 0 Å². The summed E-state index contributed by atoms with van der Waals surface area (Å²) in [5.74, 6) is 0.551. The van der Waals surface area contributed by atoms with Gasteiger partial charge in [0.1, 0.15) is 0 Å². The molecule has 0 saturated heterocycles. The Morgan fingerprint density at radius 3 is 2.95 bits per heavy atom. The van der Waals surface area contributed by atoms with Crippen molar-refractivity contribution in [3.63, 3.8) is 0 Å². The molecule has 102 valence electrons. The SMILES string of the molecule is CCOCC(C)n1nnnc1-c1c(N)cccc1Cl. The molecule has 19 heavy (non-hydrogen) atoms. The number of ether oxygens (including phenoxy) is 1. The van der Waals surface area contributed by atoms with Crippen LogP contribution in [0.15, 0.2) is 18.2 Å². The quantitative estimate of drug-likeness (QED) is 0.850. The van der Waals surface area contributed by atoms with Crippen LogP contribution >= 0.6 is 11.6 Å². The van der Waals surface area contributed by atoms with Crippen molar-refractivity contribution in [3.8, 4) is 11.4 Å². The first-order chi connectivity index (χ1) is 9.15. The van der Waals surface area contributed by atoms with Gasteiger partial charge < -0.3 is 10.5 Å². The van der Waals surface area contributed by atoms with E-state index in [2.05, 4.69) is 15.5 Å². The van der Waals surface area contributed by atoms with Crippen LogP contribution in [0.2, 0.25) is 5.02 Å². The van der Waals surface area contributed by atoms with Crippen molar-refractivity contribution >= 4 is 17.3 Å². The third-order valence-electron chi connectivity index (χ3n) is 2.74. The number of rotatable bonds is 5. The number of nitrogens with two attached hydrogens (primary N) is 1. The first-order valence-electron chi connectivity index (χ1n) is 6.05. The van der Waals surface area contributed by atoms with E-state index in [9.17, 15) is 0 Å². The van der Waals surface area contributed by atoms with Crippen molar-refractivity contribution in [1.29, 1.82) is 0 Å². The molecule has 1 aromatic carbocycles. The molecule has 1 aromatic heterocycles. The lowest BCUT2D eigenvalue weighted by molar-refractivity contribution is 0.115. The third-order valence-corrected chi connectivity index (χ3v) is 3.06. The number of halogens is 1. The highest BCUT2D eigenvalue weighted by atomic mass is 35.5. The fraction of sp³-hybridized carbons (Fsp3) is 0.417. The molecule has 1 unspecified atom stereocenters. The van der Waals surface area contributed by atoms with Crippen molar-refractivity contribution in [2.45, 2.75) is 19.9 Å². The van der Waals surface area contributed by atoms with Crippen molar-refractivity contribution in [3.05, 3.63) is 23.2 Å².